The molecule has 0 bridgehead atoms. The van der Waals surface area contributed by atoms with Crippen molar-refractivity contribution in [1.29, 1.82) is 0 Å². The molecule has 1 N–H and O–H groups in total. The first-order chi connectivity index (χ1) is 16.5. The van der Waals surface area contributed by atoms with Gasteiger partial charge in [-0.1, -0.05) is 32.0 Å². The summed E-state index contributed by atoms with van der Waals surface area (Å²) in [6.45, 7) is 6.06. The maximum absolute atomic E-state index is 13.6. The van der Waals surface area contributed by atoms with E-state index in [1.54, 1.807) is 23.1 Å². The fourth-order valence-corrected chi connectivity index (χ4v) is 4.35. The number of nitrogens with zero attached hydrogens (tertiary/aromatic N) is 1. The Kier molecular flexibility index (Phi) is 8.24. The van der Waals surface area contributed by atoms with Gasteiger partial charge >= 0.3 is 10.1 Å². The van der Waals surface area contributed by atoms with E-state index in [-0.39, 0.29) is 40.5 Å². The molecule has 0 heterocycles. The highest BCUT2D eigenvalue weighted by Crippen LogP contribution is 2.22. The molecule has 3 rings (SSSR count). The van der Waals surface area contributed by atoms with Crippen LogP contribution in [0.1, 0.15) is 36.7 Å². The number of carbonyl (C=O) groups excluding carboxylic acids is 2. The van der Waals surface area contributed by atoms with E-state index in [2.05, 4.69) is 5.32 Å². The van der Waals surface area contributed by atoms with Crippen molar-refractivity contribution in [2.75, 3.05) is 11.9 Å². The zero-order valence-electron chi connectivity index (χ0n) is 19.7. The first-order valence-corrected chi connectivity index (χ1v) is 12.4. The van der Waals surface area contributed by atoms with Gasteiger partial charge in [0.05, 0.1) is 0 Å². The molecule has 3 aromatic carbocycles. The molecule has 0 aliphatic heterocycles. The van der Waals surface area contributed by atoms with Gasteiger partial charge in [0.25, 0.3) is 5.91 Å². The van der Waals surface area contributed by atoms with Crippen LogP contribution in [0.5, 0.6) is 5.75 Å². The van der Waals surface area contributed by atoms with Gasteiger partial charge in [0, 0.05) is 31.3 Å². The van der Waals surface area contributed by atoms with Gasteiger partial charge < -0.3 is 14.4 Å². The minimum atomic E-state index is -4.08. The van der Waals surface area contributed by atoms with E-state index in [1.807, 2.05) is 13.8 Å². The van der Waals surface area contributed by atoms with E-state index in [0.29, 0.717) is 12.2 Å². The number of nitrogens with one attached hydrogen (secondary N) is 1. The van der Waals surface area contributed by atoms with Crippen molar-refractivity contribution in [3.63, 3.8) is 0 Å². The zero-order valence-corrected chi connectivity index (χ0v) is 20.5. The van der Waals surface area contributed by atoms with Crippen LogP contribution in [-0.2, 0) is 21.5 Å². The molecule has 35 heavy (non-hydrogen) atoms. The van der Waals surface area contributed by atoms with Crippen molar-refractivity contribution in [2.24, 2.45) is 5.92 Å². The lowest BCUT2D eigenvalue weighted by atomic mass is 10.1. The summed E-state index contributed by atoms with van der Waals surface area (Å²) in [5.74, 6) is -0.720. The minimum Gasteiger partial charge on any atom is -0.379 e. The molecule has 0 atom stereocenters. The second kappa shape index (κ2) is 11.1. The average Bonchev–Trinajstić information content (AvgIpc) is 2.79. The van der Waals surface area contributed by atoms with Crippen LogP contribution >= 0.6 is 0 Å². The van der Waals surface area contributed by atoms with E-state index in [4.69, 9.17) is 4.18 Å². The van der Waals surface area contributed by atoms with Crippen molar-refractivity contribution in [3.8, 4) is 5.75 Å². The largest absolute Gasteiger partial charge is 0.379 e. The lowest BCUT2D eigenvalue weighted by Gasteiger charge is -2.25. The monoisotopic (exact) mass is 498 g/mol. The van der Waals surface area contributed by atoms with Gasteiger partial charge in [-0.05, 0) is 66.1 Å². The fraction of sp³-hybridized carbons (Fsp3) is 0.231. The summed E-state index contributed by atoms with van der Waals surface area (Å²) in [6, 6.07) is 17.6. The first-order valence-electron chi connectivity index (χ1n) is 11.0. The molecule has 3 aromatic rings. The van der Waals surface area contributed by atoms with Gasteiger partial charge in [-0.2, -0.15) is 8.42 Å². The molecular formula is C26H27FN2O5S. The molecule has 7 nitrogen and oxygen atoms in total. The van der Waals surface area contributed by atoms with Crippen LogP contribution in [0.25, 0.3) is 0 Å². The molecule has 0 aliphatic rings. The van der Waals surface area contributed by atoms with Crippen molar-refractivity contribution in [1.82, 2.24) is 4.90 Å². The molecule has 0 spiro atoms. The third-order valence-electron chi connectivity index (χ3n) is 4.91. The van der Waals surface area contributed by atoms with Crippen molar-refractivity contribution < 1.29 is 26.6 Å². The Balaban J connectivity index is 1.71. The van der Waals surface area contributed by atoms with Crippen LogP contribution in [0.4, 0.5) is 10.1 Å². The first kappa shape index (κ1) is 25.9. The highest BCUT2D eigenvalue weighted by Gasteiger charge is 2.19. The van der Waals surface area contributed by atoms with E-state index in [0.717, 1.165) is 5.56 Å². The third-order valence-corrected chi connectivity index (χ3v) is 6.17. The number of hydrogen-bond donors (Lipinski definition) is 1. The lowest BCUT2D eigenvalue weighted by Crippen LogP contribution is -2.33. The summed E-state index contributed by atoms with van der Waals surface area (Å²) < 4.78 is 44.0. The normalized spacial score (nSPS) is 11.2. The standard InChI is InChI=1S/C26H27FN2O5S/c1-18(2)16-29(26(31)21-5-4-6-22(27)15-21)17-20-7-11-24(12-8-20)34-35(32,33)25-13-9-23(10-14-25)28-19(3)30/h4-15,18H,16-17H2,1-3H3,(H,28,30). The van der Waals surface area contributed by atoms with Crippen LogP contribution in [0.15, 0.2) is 77.7 Å². The van der Waals surface area contributed by atoms with Crippen LogP contribution in [-0.4, -0.2) is 31.7 Å². The molecule has 9 heteroatoms. The van der Waals surface area contributed by atoms with Gasteiger partial charge in [-0.25, -0.2) is 4.39 Å². The van der Waals surface area contributed by atoms with Gasteiger partial charge in [-0.15, -0.1) is 0 Å². The van der Waals surface area contributed by atoms with E-state index in [9.17, 15) is 22.4 Å². The Morgan fingerprint density at radius 1 is 1.00 bits per heavy atom. The van der Waals surface area contributed by atoms with E-state index >= 15 is 0 Å². The molecule has 0 saturated heterocycles. The molecule has 184 valence electrons. The molecular weight excluding hydrogens is 471 g/mol. The van der Waals surface area contributed by atoms with Crippen molar-refractivity contribution in [3.05, 3.63) is 89.7 Å². The summed E-state index contributed by atoms with van der Waals surface area (Å²) in [5.41, 5.74) is 1.50. The number of anilines is 1. The summed E-state index contributed by atoms with van der Waals surface area (Å²) in [7, 11) is -4.08. The zero-order chi connectivity index (χ0) is 25.6. The summed E-state index contributed by atoms with van der Waals surface area (Å²) in [5, 5.41) is 2.57. The summed E-state index contributed by atoms with van der Waals surface area (Å²) in [4.78, 5) is 25.7. The van der Waals surface area contributed by atoms with Crippen molar-refractivity contribution in [2.45, 2.75) is 32.2 Å². The second-order valence-electron chi connectivity index (χ2n) is 8.48. The van der Waals surface area contributed by atoms with Crippen LogP contribution < -0.4 is 9.50 Å². The van der Waals surface area contributed by atoms with Crippen LogP contribution in [0.2, 0.25) is 0 Å². The fourth-order valence-electron chi connectivity index (χ4n) is 3.42. The van der Waals surface area contributed by atoms with E-state index < -0.39 is 15.9 Å². The Bertz CT molecular complexity index is 1290. The van der Waals surface area contributed by atoms with Crippen LogP contribution in [0.3, 0.4) is 0 Å². The third kappa shape index (κ3) is 7.38. The van der Waals surface area contributed by atoms with Gasteiger partial charge in [-0.3, -0.25) is 9.59 Å². The van der Waals surface area contributed by atoms with Gasteiger partial charge in [0.15, 0.2) is 0 Å². The number of amides is 2. The highest BCUT2D eigenvalue weighted by atomic mass is 32.2. The predicted molar refractivity (Wildman–Crippen MR) is 131 cm³/mol. The van der Waals surface area contributed by atoms with E-state index in [1.165, 1.54) is 61.5 Å². The lowest BCUT2D eigenvalue weighted by molar-refractivity contribution is -0.114. The Labute approximate surface area is 204 Å². The Hall–Kier alpha value is -3.72. The number of halogens is 1. The molecule has 0 saturated carbocycles. The number of hydrogen-bond acceptors (Lipinski definition) is 5. The molecule has 2 amide bonds. The predicted octanol–water partition coefficient (Wildman–Crippen LogP) is 4.85. The number of benzene rings is 3. The highest BCUT2D eigenvalue weighted by molar-refractivity contribution is 7.87. The molecule has 0 aromatic heterocycles. The quantitative estimate of drug-likeness (QED) is 0.426. The molecule has 0 radical (unpaired) electrons. The average molecular weight is 499 g/mol. The second-order valence-corrected chi connectivity index (χ2v) is 10.0. The Morgan fingerprint density at radius 2 is 1.66 bits per heavy atom. The molecule has 0 fully saturated rings. The van der Waals surface area contributed by atoms with Crippen molar-refractivity contribution >= 4 is 27.6 Å². The number of carbonyl (C=O) groups is 2. The summed E-state index contributed by atoms with van der Waals surface area (Å²) in [6.07, 6.45) is 0. The Morgan fingerprint density at radius 3 is 2.23 bits per heavy atom. The van der Waals surface area contributed by atoms with Gasteiger partial charge in [0.1, 0.15) is 16.5 Å². The maximum Gasteiger partial charge on any atom is 0.339 e. The topological polar surface area (TPSA) is 92.8 Å². The van der Waals surface area contributed by atoms with Gasteiger partial charge in [0.2, 0.25) is 5.91 Å². The molecule has 0 unspecified atom stereocenters. The maximum atomic E-state index is 13.6. The summed E-state index contributed by atoms with van der Waals surface area (Å²) >= 11 is 0. The molecule has 0 aliphatic carbocycles. The smallest absolute Gasteiger partial charge is 0.339 e. The SMILES string of the molecule is CC(=O)Nc1ccc(S(=O)(=O)Oc2ccc(CN(CC(C)C)C(=O)c3cccc(F)c3)cc2)cc1. The van der Waals surface area contributed by atoms with Crippen LogP contribution in [0, 0.1) is 11.7 Å². The minimum absolute atomic E-state index is 0.0560. The number of rotatable bonds is 9.